The van der Waals surface area contributed by atoms with Gasteiger partial charge in [0.1, 0.15) is 0 Å². The summed E-state index contributed by atoms with van der Waals surface area (Å²) >= 11 is 0. The maximum absolute atomic E-state index is 12.1. The molecule has 0 aromatic rings. The van der Waals surface area contributed by atoms with Crippen molar-refractivity contribution < 1.29 is 9.32 Å². The van der Waals surface area contributed by atoms with E-state index < -0.39 is 18.8 Å². The number of hydrogen-bond acceptors (Lipinski definition) is 4. The summed E-state index contributed by atoms with van der Waals surface area (Å²) in [5, 5.41) is 0. The molecular weight excluding hydrogens is 259 g/mol. The number of nitrogens with two attached hydrogens (primary N) is 2. The fourth-order valence-electron chi connectivity index (χ4n) is 1.50. The Kier molecular flexibility index (Phi) is 6.91. The van der Waals surface area contributed by atoms with Gasteiger partial charge in [-0.05, 0) is 0 Å². The number of hydrogen-bond donors (Lipinski definition) is 2. The molecule has 0 unspecified atom stereocenters. The van der Waals surface area contributed by atoms with Crippen molar-refractivity contribution in [2.24, 2.45) is 11.5 Å². The van der Waals surface area contributed by atoms with Crippen molar-refractivity contribution in [2.45, 2.75) is 25.3 Å². The van der Waals surface area contributed by atoms with Gasteiger partial charge in [0, 0.05) is 0 Å². The van der Waals surface area contributed by atoms with Gasteiger partial charge >= 0.3 is 115 Å². The summed E-state index contributed by atoms with van der Waals surface area (Å²) < 4.78 is 5.58. The number of carbonyl (C=O) groups is 1. The Morgan fingerprint density at radius 1 is 1.11 bits per heavy atom. The van der Waals surface area contributed by atoms with Gasteiger partial charge in [0.05, 0.1) is 0 Å². The third-order valence-corrected chi connectivity index (χ3v) is 6.86. The minimum atomic E-state index is -3.29. The normalized spacial score (nSPS) is 14.5. The first-order chi connectivity index (χ1) is 8.92. The number of unbranched alkanes of at least 4 members (excludes halogenated alkanes) is 1. The predicted molar refractivity (Wildman–Crippen MR) is 84.7 cm³/mol. The van der Waals surface area contributed by atoms with Crippen LogP contribution < -0.4 is 11.5 Å². The van der Waals surface area contributed by atoms with Gasteiger partial charge in [-0.2, -0.15) is 0 Å². The maximum atomic E-state index is 12.1. The van der Waals surface area contributed by atoms with Gasteiger partial charge in [0.25, 0.3) is 0 Å². The quantitative estimate of drug-likeness (QED) is 0.477. The summed E-state index contributed by atoms with van der Waals surface area (Å²) in [5.74, 6) is 5.69. The van der Waals surface area contributed by atoms with E-state index in [4.69, 9.17) is 16.0 Å². The second-order valence-electron chi connectivity index (χ2n) is 4.35. The first-order valence-corrected chi connectivity index (χ1v) is 8.63. The molecule has 0 aliphatic carbocycles. The van der Waals surface area contributed by atoms with E-state index in [1.165, 1.54) is 0 Å². The Balaban J connectivity index is 4.93. The van der Waals surface area contributed by atoms with Gasteiger partial charge in [0.15, 0.2) is 0 Å². The van der Waals surface area contributed by atoms with E-state index >= 15 is 0 Å². The molecule has 0 saturated heterocycles. The molecule has 0 amide bonds. The Morgan fingerprint density at radius 2 is 1.58 bits per heavy atom. The molecule has 0 radical (unpaired) electrons. The molecule has 4 nitrogen and oxygen atoms in total. The second-order valence-corrected chi connectivity index (χ2v) is 8.62. The van der Waals surface area contributed by atoms with Crippen LogP contribution in [0.25, 0.3) is 0 Å². The van der Waals surface area contributed by atoms with Crippen LogP contribution in [-0.2, 0) is 9.32 Å². The van der Waals surface area contributed by atoms with Crippen molar-refractivity contribution in [3.63, 3.8) is 0 Å². The Bertz CT molecular complexity index is 336. The van der Waals surface area contributed by atoms with Crippen LogP contribution in [-0.4, -0.2) is 18.6 Å². The molecule has 0 fully saturated rings. The molecule has 0 aromatic heterocycles. The van der Waals surface area contributed by atoms with E-state index in [0.29, 0.717) is 13.0 Å². The third-order valence-electron chi connectivity index (χ3n) is 3.14. The average Bonchev–Trinajstić information content (AvgIpc) is 2.45. The van der Waals surface area contributed by atoms with Gasteiger partial charge in [-0.25, -0.2) is 0 Å². The molecule has 0 rings (SSSR count). The van der Waals surface area contributed by atoms with Gasteiger partial charge in [-0.15, -0.1) is 0 Å². The van der Waals surface area contributed by atoms with E-state index in [0.717, 1.165) is 12.8 Å². The molecule has 4 N–H and O–H groups in total. The van der Waals surface area contributed by atoms with Crippen molar-refractivity contribution in [1.82, 2.24) is 0 Å². The molecule has 5 heteroatoms. The fraction of sp³-hybridized carbons (Fsp3) is 0.357. The number of rotatable bonds is 10. The zero-order valence-electron chi connectivity index (χ0n) is 11.5. The summed E-state index contributed by atoms with van der Waals surface area (Å²) in [5.41, 5.74) is 11.2. The van der Waals surface area contributed by atoms with Crippen LogP contribution in [0.1, 0.15) is 19.3 Å². The van der Waals surface area contributed by atoms with Crippen LogP contribution in [0.2, 0.25) is 0 Å². The molecule has 19 heavy (non-hydrogen) atoms. The fourth-order valence-corrected chi connectivity index (χ4v) is 3.24. The summed E-state index contributed by atoms with van der Waals surface area (Å²) in [6, 6.07) is -0.687. The van der Waals surface area contributed by atoms with Crippen molar-refractivity contribution in [3.05, 3.63) is 49.6 Å². The second kappa shape index (κ2) is 7.39. The zero-order valence-corrected chi connectivity index (χ0v) is 12.4. The number of carbonyl (C=O) groups excluding carboxylic acids is 1. The van der Waals surface area contributed by atoms with Crippen molar-refractivity contribution >= 4 is 12.8 Å². The van der Waals surface area contributed by atoms with Crippen LogP contribution >= 0.6 is 6.83 Å². The summed E-state index contributed by atoms with van der Waals surface area (Å²) in [4.78, 5) is 12.1. The zero-order chi connectivity index (χ0) is 15.0. The molecule has 0 saturated carbocycles. The van der Waals surface area contributed by atoms with Crippen LogP contribution in [0.15, 0.2) is 49.6 Å². The molecule has 0 heterocycles. The molecule has 0 bridgehead atoms. The monoisotopic (exact) mass is 284 g/mol. The molecular formula is C14H25N2O2P. The van der Waals surface area contributed by atoms with Crippen molar-refractivity contribution in [1.29, 1.82) is 0 Å². The van der Waals surface area contributed by atoms with Crippen LogP contribution in [0, 0.1) is 0 Å². The van der Waals surface area contributed by atoms with E-state index in [1.54, 1.807) is 23.3 Å². The Morgan fingerprint density at radius 3 is 1.95 bits per heavy atom. The van der Waals surface area contributed by atoms with E-state index in [1.807, 2.05) is 0 Å². The minimum absolute atomic E-state index is 0.491. The first kappa shape index (κ1) is 17.8. The van der Waals surface area contributed by atoms with Crippen LogP contribution in [0.4, 0.5) is 0 Å². The molecule has 0 aliphatic rings. The predicted octanol–water partition coefficient (Wildman–Crippen LogP) is 3.03. The third kappa shape index (κ3) is 4.13. The summed E-state index contributed by atoms with van der Waals surface area (Å²) in [6.45, 7) is 12.2. The molecule has 1 atom stereocenters. The average molecular weight is 284 g/mol. The van der Waals surface area contributed by atoms with E-state index in [-0.39, 0.29) is 0 Å². The van der Waals surface area contributed by atoms with Gasteiger partial charge in [-0.3, -0.25) is 0 Å². The van der Waals surface area contributed by atoms with Gasteiger partial charge in [0.2, 0.25) is 0 Å². The molecule has 0 aromatic carbocycles. The van der Waals surface area contributed by atoms with E-state index in [2.05, 4.69) is 26.3 Å². The topological polar surface area (TPSA) is 78.3 Å². The Hall–Kier alpha value is -1.22. The standard InChI is InChI=1S/C14H25N2O2P/c1-5-19(6-2,7-3,8-4)18-14(17)13(16)11-9-10-12-15/h5-8,13H,1-4,9-12,15-16H2/t13-/m0/s1. The van der Waals surface area contributed by atoms with Crippen molar-refractivity contribution in [3.8, 4) is 0 Å². The molecule has 0 aliphatic heterocycles. The van der Waals surface area contributed by atoms with Crippen LogP contribution in [0.3, 0.4) is 0 Å². The summed E-state index contributed by atoms with van der Waals surface area (Å²) in [7, 11) is 0. The van der Waals surface area contributed by atoms with E-state index in [9.17, 15) is 4.79 Å². The molecule has 0 spiro atoms. The Labute approximate surface area is 115 Å². The first-order valence-electron chi connectivity index (χ1n) is 6.20. The van der Waals surface area contributed by atoms with Crippen molar-refractivity contribution in [2.75, 3.05) is 6.54 Å². The molecule has 108 valence electrons. The van der Waals surface area contributed by atoms with Gasteiger partial charge < -0.3 is 0 Å². The SMILES string of the molecule is C=CP(C=C)(C=C)(C=C)OC(=O)[C@@H](N)CCCCN. The summed E-state index contributed by atoms with van der Waals surface area (Å²) in [6.07, 6.45) is 2.15. The van der Waals surface area contributed by atoms with Crippen LogP contribution in [0.5, 0.6) is 0 Å². The van der Waals surface area contributed by atoms with Gasteiger partial charge in [-0.1, -0.05) is 0 Å².